The Morgan fingerprint density at radius 1 is 0.975 bits per heavy atom. The summed E-state index contributed by atoms with van der Waals surface area (Å²) in [5.74, 6) is 0.000453. The fourth-order valence-corrected chi connectivity index (χ4v) is 7.33. The Labute approximate surface area is 236 Å². The normalized spacial score (nSPS) is 19.2. The van der Waals surface area contributed by atoms with Crippen LogP contribution in [0.1, 0.15) is 62.2 Å². The molecule has 0 aromatic heterocycles. The predicted molar refractivity (Wildman–Crippen MR) is 159 cm³/mol. The summed E-state index contributed by atoms with van der Waals surface area (Å²) in [6.45, 7) is 4.23. The number of carbonyl (C=O) groups excluding carboxylic acids is 1. The Kier molecular flexibility index (Phi) is 8.69. The molecule has 2 fully saturated rings. The summed E-state index contributed by atoms with van der Waals surface area (Å²) in [4.78, 5) is 21.9. The maximum absolute atomic E-state index is 13.5. The third kappa shape index (κ3) is 6.30. The van der Waals surface area contributed by atoms with Crippen LogP contribution >= 0.6 is 0 Å². The molecule has 2 aromatic carbocycles. The third-order valence-electron chi connectivity index (χ3n) is 8.04. The molecular weight excluding hydrogens is 527 g/mol. The van der Waals surface area contributed by atoms with Gasteiger partial charge in [-0.3, -0.25) is 14.5 Å². The minimum absolute atomic E-state index is 0.0926. The van der Waals surface area contributed by atoms with Crippen LogP contribution in [0, 0.1) is 11.7 Å². The van der Waals surface area contributed by atoms with Gasteiger partial charge in [-0.05, 0) is 92.6 Å². The number of nitrogens with zero attached hydrogens (tertiary/aromatic N) is 3. The molecule has 2 aromatic rings. The number of allylic oxidation sites excluding steroid dienone is 3. The molecule has 1 saturated carbocycles. The summed E-state index contributed by atoms with van der Waals surface area (Å²) in [7, 11) is -3.82. The highest BCUT2D eigenvalue weighted by atomic mass is 32.2. The molecule has 2 aliphatic carbocycles. The molecule has 1 amide bonds. The molecular formula is C31H37FN4O3S. The fraction of sp³-hybridized carbons (Fsp3) is 0.419. The van der Waals surface area contributed by atoms with E-state index >= 15 is 0 Å². The maximum atomic E-state index is 13.5. The van der Waals surface area contributed by atoms with Crippen molar-refractivity contribution in [2.75, 3.05) is 35.8 Å². The molecule has 40 heavy (non-hydrogen) atoms. The molecule has 0 radical (unpaired) electrons. The van der Waals surface area contributed by atoms with Gasteiger partial charge in [-0.15, -0.1) is 0 Å². The summed E-state index contributed by atoms with van der Waals surface area (Å²) >= 11 is 0. The van der Waals surface area contributed by atoms with E-state index in [0.717, 1.165) is 24.1 Å². The molecule has 212 valence electrons. The largest absolute Gasteiger partial charge is 0.368 e. The first-order valence-electron chi connectivity index (χ1n) is 14.2. The van der Waals surface area contributed by atoms with Crippen molar-refractivity contribution in [3.63, 3.8) is 0 Å². The predicted octanol–water partition coefficient (Wildman–Crippen LogP) is 6.13. The van der Waals surface area contributed by atoms with Gasteiger partial charge in [-0.1, -0.05) is 25.3 Å². The number of sulfonamides is 1. The van der Waals surface area contributed by atoms with E-state index in [1.54, 1.807) is 47.5 Å². The molecule has 0 bridgehead atoms. The van der Waals surface area contributed by atoms with Crippen molar-refractivity contribution in [2.45, 2.75) is 51.9 Å². The van der Waals surface area contributed by atoms with Crippen molar-refractivity contribution < 1.29 is 17.6 Å². The van der Waals surface area contributed by atoms with Crippen LogP contribution < -0.4 is 9.62 Å². The molecule has 1 saturated heterocycles. The molecule has 0 atom stereocenters. The Hall–Kier alpha value is -3.46. The van der Waals surface area contributed by atoms with Crippen molar-refractivity contribution in [3.8, 4) is 0 Å². The van der Waals surface area contributed by atoms with Crippen molar-refractivity contribution in [1.82, 2.24) is 4.90 Å². The first kappa shape index (κ1) is 28.1. The van der Waals surface area contributed by atoms with Crippen LogP contribution in [-0.2, 0) is 10.0 Å². The van der Waals surface area contributed by atoms with Gasteiger partial charge in [-0.25, -0.2) is 12.8 Å². The van der Waals surface area contributed by atoms with E-state index in [-0.39, 0.29) is 11.7 Å². The highest BCUT2D eigenvalue weighted by molar-refractivity contribution is 7.96. The summed E-state index contributed by atoms with van der Waals surface area (Å²) in [6.07, 6.45) is 10.7. The Morgan fingerprint density at radius 3 is 2.30 bits per heavy atom. The lowest BCUT2D eigenvalue weighted by atomic mass is 9.80. The number of carbonyl (C=O) groups is 1. The molecule has 7 nitrogen and oxygen atoms in total. The Balaban J connectivity index is 1.25. The number of amides is 1. The number of aliphatic imine (C=N–C) groups is 1. The summed E-state index contributed by atoms with van der Waals surface area (Å²) < 4.78 is 43.0. The zero-order valence-electron chi connectivity index (χ0n) is 23.0. The lowest BCUT2D eigenvalue weighted by molar-refractivity contribution is 0.0747. The lowest BCUT2D eigenvalue weighted by Crippen LogP contribution is -2.48. The molecule has 1 N–H and O–H groups in total. The van der Waals surface area contributed by atoms with E-state index in [9.17, 15) is 17.6 Å². The fourth-order valence-electron chi connectivity index (χ4n) is 5.95. The van der Waals surface area contributed by atoms with E-state index in [2.05, 4.69) is 20.7 Å². The lowest BCUT2D eigenvalue weighted by Gasteiger charge is -2.36. The standard InChI is InChI=1S/C31H37FN4O3S/c1-2-33-30-28(23-7-4-3-5-8-23)9-6-10-29(30)40(38,39)34-26-15-11-24(12-16-26)31(37)36-21-19-35(20-22-36)27-17-13-25(32)14-18-27/h2,9,11-18,23,34H,3-8,10,19-22H2,1H3/b33-2-. The number of benzene rings is 2. The molecule has 3 aliphatic rings. The van der Waals surface area contributed by atoms with Gasteiger partial charge in [0.2, 0.25) is 0 Å². The minimum atomic E-state index is -3.82. The summed E-state index contributed by atoms with van der Waals surface area (Å²) in [6, 6.07) is 13.0. The zero-order valence-corrected chi connectivity index (χ0v) is 23.8. The third-order valence-corrected chi connectivity index (χ3v) is 9.59. The second-order valence-electron chi connectivity index (χ2n) is 10.6. The van der Waals surface area contributed by atoms with Gasteiger partial charge in [0, 0.05) is 49.3 Å². The Morgan fingerprint density at radius 2 is 1.65 bits per heavy atom. The number of hydrogen-bond acceptors (Lipinski definition) is 5. The van der Waals surface area contributed by atoms with Crippen LogP contribution in [0.5, 0.6) is 0 Å². The number of anilines is 2. The van der Waals surface area contributed by atoms with E-state index in [1.165, 1.54) is 31.4 Å². The first-order valence-corrected chi connectivity index (χ1v) is 15.7. The van der Waals surface area contributed by atoms with Crippen LogP contribution in [-0.4, -0.2) is 51.6 Å². The van der Waals surface area contributed by atoms with Crippen molar-refractivity contribution in [3.05, 3.63) is 82.2 Å². The van der Waals surface area contributed by atoms with Crippen LogP contribution in [0.4, 0.5) is 15.8 Å². The molecule has 0 unspecified atom stereocenters. The minimum Gasteiger partial charge on any atom is -0.368 e. The maximum Gasteiger partial charge on any atom is 0.260 e. The molecule has 1 aliphatic heterocycles. The summed E-state index contributed by atoms with van der Waals surface area (Å²) in [5, 5.41) is 0. The zero-order chi connectivity index (χ0) is 28.1. The first-order chi connectivity index (χ1) is 19.4. The van der Waals surface area contributed by atoms with Crippen molar-refractivity contribution in [1.29, 1.82) is 0 Å². The van der Waals surface area contributed by atoms with Gasteiger partial charge >= 0.3 is 0 Å². The average molecular weight is 565 g/mol. The number of piperazine rings is 1. The van der Waals surface area contributed by atoms with Crippen LogP contribution in [0.2, 0.25) is 0 Å². The number of nitrogens with one attached hydrogen (secondary N) is 1. The topological polar surface area (TPSA) is 82.1 Å². The SMILES string of the molecule is C/C=N\C1=C(S(=O)(=O)Nc2ccc(C(=O)N3CCN(c4ccc(F)cc4)CC3)cc2)CCC=C1C1CCCCC1. The second kappa shape index (κ2) is 12.4. The van der Waals surface area contributed by atoms with Gasteiger partial charge in [-0.2, -0.15) is 0 Å². The number of rotatable bonds is 7. The number of hydrogen-bond donors (Lipinski definition) is 1. The molecule has 5 rings (SSSR count). The second-order valence-corrected chi connectivity index (χ2v) is 12.3. The average Bonchev–Trinajstić information content (AvgIpc) is 2.98. The van der Waals surface area contributed by atoms with E-state index in [1.807, 2.05) is 6.92 Å². The molecule has 0 spiro atoms. The number of halogens is 1. The summed E-state index contributed by atoms with van der Waals surface area (Å²) in [5.41, 5.74) is 3.53. The van der Waals surface area contributed by atoms with Gasteiger partial charge < -0.3 is 9.80 Å². The van der Waals surface area contributed by atoms with Crippen molar-refractivity contribution in [2.24, 2.45) is 10.9 Å². The van der Waals surface area contributed by atoms with Crippen molar-refractivity contribution >= 4 is 33.5 Å². The quantitative estimate of drug-likeness (QED) is 0.410. The molecule has 9 heteroatoms. The highest BCUT2D eigenvalue weighted by Gasteiger charge is 2.30. The smallest absolute Gasteiger partial charge is 0.260 e. The molecule has 1 heterocycles. The van der Waals surface area contributed by atoms with Crippen LogP contribution in [0.3, 0.4) is 0 Å². The Bertz CT molecular complexity index is 1400. The monoisotopic (exact) mass is 564 g/mol. The van der Waals surface area contributed by atoms with Gasteiger partial charge in [0.05, 0.1) is 10.6 Å². The highest BCUT2D eigenvalue weighted by Crippen LogP contribution is 2.40. The van der Waals surface area contributed by atoms with Crippen LogP contribution in [0.25, 0.3) is 0 Å². The van der Waals surface area contributed by atoms with E-state index in [0.29, 0.717) is 66.8 Å². The van der Waals surface area contributed by atoms with E-state index < -0.39 is 10.0 Å². The van der Waals surface area contributed by atoms with Gasteiger partial charge in [0.25, 0.3) is 15.9 Å². The van der Waals surface area contributed by atoms with Gasteiger partial charge in [0.1, 0.15) is 5.82 Å². The van der Waals surface area contributed by atoms with Gasteiger partial charge in [0.15, 0.2) is 0 Å². The van der Waals surface area contributed by atoms with E-state index in [4.69, 9.17) is 0 Å². The van der Waals surface area contributed by atoms with Crippen LogP contribution in [0.15, 0.2) is 75.8 Å².